The highest BCUT2D eigenvalue weighted by molar-refractivity contribution is 8.13. The number of hydrogen-bond acceptors (Lipinski definition) is 3. The minimum atomic E-state index is -0.242. The van der Waals surface area contributed by atoms with E-state index < -0.39 is 0 Å². The maximum absolute atomic E-state index is 13.1. The molecule has 2 rings (SSSR count). The van der Waals surface area contributed by atoms with E-state index in [1.165, 1.54) is 12.1 Å². The molecule has 0 saturated carbocycles. The Kier molecular flexibility index (Phi) is 10.4. The average Bonchev–Trinajstić information content (AvgIpc) is 2.74. The maximum atomic E-state index is 13.1. The van der Waals surface area contributed by atoms with Gasteiger partial charge in [-0.3, -0.25) is 4.79 Å². The molecule has 0 unspecified atom stereocenters. The molecule has 0 amide bonds. The monoisotopic (exact) mass is 426 g/mol. The molecule has 0 aromatic heterocycles. The zero-order chi connectivity index (χ0) is 21.8. The van der Waals surface area contributed by atoms with Crippen molar-refractivity contribution in [3.05, 3.63) is 83.8 Å². The van der Waals surface area contributed by atoms with Crippen molar-refractivity contribution in [2.45, 2.75) is 39.0 Å². The normalized spacial score (nSPS) is 11.4. The molecule has 0 saturated heterocycles. The molecule has 0 atom stereocenters. The third kappa shape index (κ3) is 8.54. The molecule has 0 aliphatic heterocycles. The van der Waals surface area contributed by atoms with Crippen molar-refractivity contribution in [1.82, 2.24) is 4.90 Å². The molecule has 0 aliphatic carbocycles. The number of thioether (sulfide) groups is 1. The van der Waals surface area contributed by atoms with Crippen molar-refractivity contribution >= 4 is 22.7 Å². The highest BCUT2D eigenvalue weighted by Gasteiger charge is 2.12. The lowest BCUT2D eigenvalue weighted by Gasteiger charge is -2.24. The molecular formula is C25H31FN2OS. The van der Waals surface area contributed by atoms with Crippen LogP contribution in [-0.4, -0.2) is 35.2 Å². The zero-order valence-electron chi connectivity index (χ0n) is 17.9. The lowest BCUT2D eigenvalue weighted by molar-refractivity contribution is -0.118. The number of benzene rings is 2. The van der Waals surface area contributed by atoms with E-state index in [0.717, 1.165) is 47.9 Å². The Morgan fingerprint density at radius 2 is 1.70 bits per heavy atom. The van der Waals surface area contributed by atoms with Crippen molar-refractivity contribution in [3.8, 4) is 0 Å². The van der Waals surface area contributed by atoms with Gasteiger partial charge >= 0.3 is 0 Å². The van der Waals surface area contributed by atoms with E-state index in [9.17, 15) is 9.18 Å². The Hall–Kier alpha value is -2.40. The molecule has 0 spiro atoms. The highest BCUT2D eigenvalue weighted by atomic mass is 32.2. The first-order chi connectivity index (χ1) is 14.5. The number of allylic oxidation sites excluding steroid dienone is 1. The SMILES string of the molecule is C=C(Cc1ccc(F)cc1)N=C(SC)N(CCC)CCCC(=O)Cc1ccccc1. The van der Waals surface area contributed by atoms with Crippen molar-refractivity contribution < 1.29 is 9.18 Å². The summed E-state index contributed by atoms with van der Waals surface area (Å²) in [6, 6.07) is 16.3. The van der Waals surface area contributed by atoms with Crippen LogP contribution in [-0.2, 0) is 17.6 Å². The quantitative estimate of drug-likeness (QED) is 0.331. The zero-order valence-corrected chi connectivity index (χ0v) is 18.8. The Bertz CT molecular complexity index is 834. The van der Waals surface area contributed by atoms with Crippen LogP contribution in [0.15, 0.2) is 71.9 Å². The first-order valence-corrected chi connectivity index (χ1v) is 11.6. The molecule has 2 aromatic carbocycles. The van der Waals surface area contributed by atoms with Crippen molar-refractivity contribution in [1.29, 1.82) is 0 Å². The molecule has 3 nitrogen and oxygen atoms in total. The minimum absolute atomic E-state index is 0.242. The number of carbonyl (C=O) groups excluding carboxylic acids is 1. The van der Waals surface area contributed by atoms with E-state index in [4.69, 9.17) is 4.99 Å². The van der Waals surface area contributed by atoms with E-state index in [0.29, 0.717) is 19.3 Å². The van der Waals surface area contributed by atoms with Gasteiger partial charge in [-0.25, -0.2) is 9.38 Å². The molecule has 0 aliphatic rings. The summed E-state index contributed by atoms with van der Waals surface area (Å²) in [6.07, 6.45) is 5.45. The fourth-order valence-electron chi connectivity index (χ4n) is 3.21. The van der Waals surface area contributed by atoms with Crippen LogP contribution in [0.4, 0.5) is 4.39 Å². The van der Waals surface area contributed by atoms with E-state index >= 15 is 0 Å². The van der Waals surface area contributed by atoms with E-state index in [1.54, 1.807) is 23.9 Å². The van der Waals surface area contributed by atoms with Gasteiger partial charge in [0.25, 0.3) is 0 Å². The van der Waals surface area contributed by atoms with E-state index in [-0.39, 0.29) is 11.6 Å². The summed E-state index contributed by atoms with van der Waals surface area (Å²) in [6.45, 7) is 7.90. The standard InChI is InChI=1S/C25H31FN2OS/c1-4-16-28(17-8-11-24(29)19-21-9-6-5-7-10-21)25(30-3)27-20(2)18-22-12-14-23(26)15-13-22/h5-7,9-10,12-15H,2,4,8,11,16-19H2,1,3H3. The molecule has 0 radical (unpaired) electrons. The predicted molar refractivity (Wildman–Crippen MR) is 126 cm³/mol. The van der Waals surface area contributed by atoms with Gasteiger partial charge in [0.1, 0.15) is 11.6 Å². The number of hydrogen-bond donors (Lipinski definition) is 0. The summed E-state index contributed by atoms with van der Waals surface area (Å²) in [4.78, 5) is 19.3. The fraction of sp³-hybridized carbons (Fsp3) is 0.360. The van der Waals surface area contributed by atoms with Crippen LogP contribution in [0.2, 0.25) is 0 Å². The number of ketones is 1. The second-order valence-corrected chi connectivity index (χ2v) is 8.03. The number of aliphatic imine (C=N–C) groups is 1. The largest absolute Gasteiger partial charge is 0.351 e. The molecule has 0 bridgehead atoms. The van der Waals surface area contributed by atoms with Crippen molar-refractivity contribution in [2.24, 2.45) is 4.99 Å². The average molecular weight is 427 g/mol. The second-order valence-electron chi connectivity index (χ2n) is 7.26. The third-order valence-electron chi connectivity index (χ3n) is 4.65. The van der Waals surface area contributed by atoms with E-state index in [2.05, 4.69) is 18.4 Å². The van der Waals surface area contributed by atoms with Crippen LogP contribution in [0.25, 0.3) is 0 Å². The van der Waals surface area contributed by atoms with Gasteiger partial charge in [0.2, 0.25) is 0 Å². The summed E-state index contributed by atoms with van der Waals surface area (Å²) in [5.74, 6) is 0.0228. The van der Waals surface area contributed by atoms with E-state index in [1.807, 2.05) is 36.6 Å². The number of carbonyl (C=O) groups is 1. The van der Waals surface area contributed by atoms with Crippen LogP contribution < -0.4 is 0 Å². The number of halogens is 1. The topological polar surface area (TPSA) is 32.7 Å². The Labute approximate surface area is 184 Å². The Balaban J connectivity index is 1.90. The summed E-state index contributed by atoms with van der Waals surface area (Å²) >= 11 is 1.59. The summed E-state index contributed by atoms with van der Waals surface area (Å²) in [5.41, 5.74) is 2.79. The minimum Gasteiger partial charge on any atom is -0.351 e. The number of nitrogens with zero attached hydrogens (tertiary/aromatic N) is 2. The van der Waals surface area contributed by atoms with Crippen LogP contribution in [0.5, 0.6) is 0 Å². The molecule has 160 valence electrons. The van der Waals surface area contributed by atoms with Crippen LogP contribution in [0, 0.1) is 5.82 Å². The summed E-state index contributed by atoms with van der Waals surface area (Å²) < 4.78 is 13.1. The molecule has 0 fully saturated rings. The number of Topliss-reactive ketones (excluding diaryl/α,β-unsaturated/α-hetero) is 1. The van der Waals surface area contributed by atoms with Crippen LogP contribution in [0.3, 0.4) is 0 Å². The van der Waals surface area contributed by atoms with Gasteiger partial charge in [-0.1, -0.05) is 67.7 Å². The maximum Gasteiger partial charge on any atom is 0.163 e. The second kappa shape index (κ2) is 13.0. The van der Waals surface area contributed by atoms with Gasteiger partial charge in [0.15, 0.2) is 5.17 Å². The molecular weight excluding hydrogens is 395 g/mol. The van der Waals surface area contributed by atoms with Crippen LogP contribution in [0.1, 0.15) is 37.3 Å². The predicted octanol–water partition coefficient (Wildman–Crippen LogP) is 5.90. The molecule has 0 N–H and O–H groups in total. The summed E-state index contributed by atoms with van der Waals surface area (Å²) in [7, 11) is 0. The van der Waals surface area contributed by atoms with Gasteiger partial charge in [0.05, 0.1) is 0 Å². The third-order valence-corrected chi connectivity index (χ3v) is 5.36. The molecule has 5 heteroatoms. The van der Waals surface area contributed by atoms with Crippen molar-refractivity contribution in [2.75, 3.05) is 19.3 Å². The van der Waals surface area contributed by atoms with Gasteiger partial charge < -0.3 is 4.90 Å². The lowest BCUT2D eigenvalue weighted by atomic mass is 10.1. The first kappa shape index (κ1) is 23.9. The smallest absolute Gasteiger partial charge is 0.163 e. The fourth-order valence-corrected chi connectivity index (χ4v) is 3.87. The lowest BCUT2D eigenvalue weighted by Crippen LogP contribution is -2.31. The summed E-state index contributed by atoms with van der Waals surface area (Å²) in [5, 5.41) is 0.916. The first-order valence-electron chi connectivity index (χ1n) is 10.4. The van der Waals surface area contributed by atoms with Crippen molar-refractivity contribution in [3.63, 3.8) is 0 Å². The number of amidine groups is 1. The molecule has 2 aromatic rings. The van der Waals surface area contributed by atoms with Gasteiger partial charge in [0, 0.05) is 38.0 Å². The number of rotatable bonds is 11. The van der Waals surface area contributed by atoms with Gasteiger partial charge in [-0.05, 0) is 42.4 Å². The van der Waals surface area contributed by atoms with Gasteiger partial charge in [-0.2, -0.15) is 0 Å². The van der Waals surface area contributed by atoms with Crippen LogP contribution >= 0.6 is 11.8 Å². The highest BCUT2D eigenvalue weighted by Crippen LogP contribution is 2.15. The Morgan fingerprint density at radius 3 is 2.33 bits per heavy atom. The molecule has 0 heterocycles. The molecule has 30 heavy (non-hydrogen) atoms. The van der Waals surface area contributed by atoms with Gasteiger partial charge in [-0.15, -0.1) is 0 Å². The Morgan fingerprint density at radius 1 is 1.03 bits per heavy atom.